The molecule has 2 amide bonds. The number of halogens is 3. The van der Waals surface area contributed by atoms with Crippen LogP contribution in [0.2, 0.25) is 0 Å². The third kappa shape index (κ3) is 6.02. The maximum atomic E-state index is 12.5. The number of nitrogens with one attached hydrogen (secondary N) is 2. The van der Waals surface area contributed by atoms with Crippen LogP contribution in [0.5, 0.6) is 0 Å². The molecule has 27 heavy (non-hydrogen) atoms. The van der Waals surface area contributed by atoms with Crippen LogP contribution in [0.4, 0.5) is 18.9 Å². The summed E-state index contributed by atoms with van der Waals surface area (Å²) < 4.78 is 37.5. The van der Waals surface area contributed by atoms with E-state index in [9.17, 15) is 22.8 Å². The first-order chi connectivity index (χ1) is 12.7. The van der Waals surface area contributed by atoms with Gasteiger partial charge in [0.1, 0.15) is 0 Å². The Balaban J connectivity index is 1.80. The normalized spacial score (nSPS) is 11.0. The summed E-state index contributed by atoms with van der Waals surface area (Å²) in [6, 6.07) is 11.4. The molecular formula is C19H20F3N3O2. The second-order valence-electron chi connectivity index (χ2n) is 6.10. The summed E-state index contributed by atoms with van der Waals surface area (Å²) in [6.45, 7) is 0.0400. The highest BCUT2D eigenvalue weighted by Crippen LogP contribution is 2.29. The van der Waals surface area contributed by atoms with Crippen molar-refractivity contribution in [3.8, 4) is 0 Å². The third-order valence-corrected chi connectivity index (χ3v) is 3.83. The molecule has 5 nitrogen and oxygen atoms in total. The maximum absolute atomic E-state index is 12.5. The minimum absolute atomic E-state index is 0.0510. The number of carbonyl (C=O) groups is 2. The van der Waals surface area contributed by atoms with E-state index in [1.54, 1.807) is 0 Å². The first kappa shape index (κ1) is 20.3. The molecule has 0 aliphatic rings. The Hall–Kier alpha value is -3.03. The topological polar surface area (TPSA) is 61.4 Å². The lowest BCUT2D eigenvalue weighted by Gasteiger charge is -2.13. The molecule has 0 unspecified atom stereocenters. The zero-order valence-electron chi connectivity index (χ0n) is 14.9. The van der Waals surface area contributed by atoms with Crippen molar-refractivity contribution in [3.05, 3.63) is 65.2 Å². The molecule has 0 saturated heterocycles. The van der Waals surface area contributed by atoms with Crippen LogP contribution >= 0.6 is 0 Å². The van der Waals surface area contributed by atoms with Gasteiger partial charge in [0.05, 0.1) is 12.1 Å². The number of hydrogen-bond acceptors (Lipinski definition) is 3. The fraction of sp³-hybridized carbons (Fsp3) is 0.263. The van der Waals surface area contributed by atoms with E-state index in [1.807, 2.05) is 43.3 Å². The predicted molar refractivity (Wildman–Crippen MR) is 96.4 cm³/mol. The lowest BCUT2D eigenvalue weighted by molar-refractivity contribution is -0.137. The Morgan fingerprint density at radius 2 is 1.52 bits per heavy atom. The molecule has 0 aliphatic heterocycles. The van der Waals surface area contributed by atoms with Crippen molar-refractivity contribution >= 4 is 17.5 Å². The Bertz CT molecular complexity index is 785. The smallest absolute Gasteiger partial charge is 0.378 e. The fourth-order valence-corrected chi connectivity index (χ4v) is 2.25. The highest BCUT2D eigenvalue weighted by Gasteiger charge is 2.30. The van der Waals surface area contributed by atoms with Crippen molar-refractivity contribution in [1.82, 2.24) is 10.6 Å². The van der Waals surface area contributed by atoms with Crippen LogP contribution < -0.4 is 15.5 Å². The van der Waals surface area contributed by atoms with Gasteiger partial charge in [-0.15, -0.1) is 0 Å². The van der Waals surface area contributed by atoms with Gasteiger partial charge in [-0.3, -0.25) is 9.59 Å². The van der Waals surface area contributed by atoms with Crippen LogP contribution in [0.1, 0.15) is 21.5 Å². The molecule has 2 rings (SSSR count). The molecule has 0 aliphatic carbocycles. The standard InChI is InChI=1S/C19H20F3N3O2/c1-25(2)16-9-3-13(4-10-16)11-23-17(26)12-24-18(27)14-5-7-15(8-6-14)19(20,21)22/h3-10H,11-12H2,1-2H3,(H,23,26)(H,24,27). The van der Waals surface area contributed by atoms with E-state index >= 15 is 0 Å². The van der Waals surface area contributed by atoms with Gasteiger partial charge in [0, 0.05) is 31.9 Å². The van der Waals surface area contributed by atoms with E-state index in [0.717, 1.165) is 35.5 Å². The van der Waals surface area contributed by atoms with Gasteiger partial charge < -0.3 is 15.5 Å². The molecule has 8 heteroatoms. The molecule has 2 aromatic rings. The molecule has 2 N–H and O–H groups in total. The molecule has 0 atom stereocenters. The van der Waals surface area contributed by atoms with Crippen molar-refractivity contribution in [2.75, 3.05) is 25.5 Å². The maximum Gasteiger partial charge on any atom is 0.416 e. The fourth-order valence-electron chi connectivity index (χ4n) is 2.25. The summed E-state index contributed by atoms with van der Waals surface area (Å²) in [5.41, 5.74) is 1.16. The van der Waals surface area contributed by atoms with Gasteiger partial charge in [-0.25, -0.2) is 0 Å². The molecule has 144 valence electrons. The van der Waals surface area contributed by atoms with Gasteiger partial charge in [-0.2, -0.15) is 13.2 Å². The largest absolute Gasteiger partial charge is 0.416 e. The van der Waals surface area contributed by atoms with Gasteiger partial charge in [0.2, 0.25) is 5.91 Å². The van der Waals surface area contributed by atoms with E-state index in [1.165, 1.54) is 0 Å². The molecule has 0 aromatic heterocycles. The van der Waals surface area contributed by atoms with Crippen LogP contribution in [0.15, 0.2) is 48.5 Å². The van der Waals surface area contributed by atoms with Gasteiger partial charge in [0.25, 0.3) is 5.91 Å². The Morgan fingerprint density at radius 1 is 0.926 bits per heavy atom. The quantitative estimate of drug-likeness (QED) is 0.811. The molecule has 0 saturated carbocycles. The number of nitrogens with zero attached hydrogens (tertiary/aromatic N) is 1. The highest BCUT2D eigenvalue weighted by molar-refractivity contribution is 5.96. The lowest BCUT2D eigenvalue weighted by Crippen LogP contribution is -2.36. The molecule has 0 bridgehead atoms. The van der Waals surface area contributed by atoms with E-state index in [-0.39, 0.29) is 12.1 Å². The number of benzene rings is 2. The Labute approximate surface area is 155 Å². The number of rotatable bonds is 6. The zero-order valence-corrected chi connectivity index (χ0v) is 14.9. The molecule has 2 aromatic carbocycles. The number of anilines is 1. The van der Waals surface area contributed by atoms with Crippen LogP contribution in [0.25, 0.3) is 0 Å². The minimum Gasteiger partial charge on any atom is -0.378 e. The van der Waals surface area contributed by atoms with Crippen molar-refractivity contribution in [1.29, 1.82) is 0 Å². The van der Waals surface area contributed by atoms with Crippen LogP contribution in [0, 0.1) is 0 Å². The summed E-state index contributed by atoms with van der Waals surface area (Å²) in [6.07, 6.45) is -4.46. The molecule has 0 radical (unpaired) electrons. The van der Waals surface area contributed by atoms with Crippen molar-refractivity contribution < 1.29 is 22.8 Å². The number of carbonyl (C=O) groups excluding carboxylic acids is 2. The third-order valence-electron chi connectivity index (χ3n) is 3.83. The summed E-state index contributed by atoms with van der Waals surface area (Å²) in [5.74, 6) is -1.01. The second kappa shape index (κ2) is 8.57. The summed E-state index contributed by atoms with van der Waals surface area (Å²) in [7, 11) is 3.85. The van der Waals surface area contributed by atoms with Crippen molar-refractivity contribution in [3.63, 3.8) is 0 Å². The minimum atomic E-state index is -4.46. The second-order valence-corrected chi connectivity index (χ2v) is 6.10. The van der Waals surface area contributed by atoms with Crippen LogP contribution in [-0.2, 0) is 17.5 Å². The molecule has 0 fully saturated rings. The van der Waals surface area contributed by atoms with E-state index in [0.29, 0.717) is 6.54 Å². The predicted octanol–water partition coefficient (Wildman–Crippen LogP) is 2.82. The summed E-state index contributed by atoms with van der Waals surface area (Å²) in [5, 5.41) is 5.05. The Morgan fingerprint density at radius 3 is 2.04 bits per heavy atom. The van der Waals surface area contributed by atoms with E-state index in [2.05, 4.69) is 10.6 Å². The van der Waals surface area contributed by atoms with Gasteiger partial charge in [-0.1, -0.05) is 12.1 Å². The molecular weight excluding hydrogens is 359 g/mol. The molecule has 0 heterocycles. The average Bonchev–Trinajstić information content (AvgIpc) is 2.64. The van der Waals surface area contributed by atoms with Crippen LogP contribution in [0.3, 0.4) is 0 Å². The van der Waals surface area contributed by atoms with E-state index in [4.69, 9.17) is 0 Å². The van der Waals surface area contributed by atoms with Crippen LogP contribution in [-0.4, -0.2) is 32.5 Å². The van der Waals surface area contributed by atoms with Gasteiger partial charge in [-0.05, 0) is 42.0 Å². The SMILES string of the molecule is CN(C)c1ccc(CNC(=O)CNC(=O)c2ccc(C(F)(F)F)cc2)cc1. The first-order valence-corrected chi connectivity index (χ1v) is 8.15. The summed E-state index contributed by atoms with van der Waals surface area (Å²) >= 11 is 0. The molecule has 0 spiro atoms. The first-order valence-electron chi connectivity index (χ1n) is 8.15. The monoisotopic (exact) mass is 379 g/mol. The zero-order chi connectivity index (χ0) is 20.0. The summed E-state index contributed by atoms with van der Waals surface area (Å²) in [4.78, 5) is 25.7. The van der Waals surface area contributed by atoms with E-state index < -0.39 is 23.6 Å². The average molecular weight is 379 g/mol. The van der Waals surface area contributed by atoms with Gasteiger partial charge >= 0.3 is 6.18 Å². The number of hydrogen-bond donors (Lipinski definition) is 2. The number of amides is 2. The van der Waals surface area contributed by atoms with Crippen molar-refractivity contribution in [2.45, 2.75) is 12.7 Å². The lowest BCUT2D eigenvalue weighted by atomic mass is 10.1. The highest BCUT2D eigenvalue weighted by atomic mass is 19.4. The Kier molecular flexibility index (Phi) is 6.44. The van der Waals surface area contributed by atoms with Gasteiger partial charge in [0.15, 0.2) is 0 Å². The number of alkyl halides is 3. The van der Waals surface area contributed by atoms with Crippen molar-refractivity contribution in [2.24, 2.45) is 0 Å².